The molecule has 1 aromatic carbocycles. The Morgan fingerprint density at radius 1 is 1.35 bits per heavy atom. The van der Waals surface area contributed by atoms with Crippen LogP contribution in [0, 0.1) is 12.8 Å². The highest BCUT2D eigenvalue weighted by atomic mass is 79.9. The maximum Gasteiger partial charge on any atom is 0.319 e. The number of carbonyl (C=O) groups is 2. The maximum atomic E-state index is 11.9. The van der Waals surface area contributed by atoms with Crippen LogP contribution in [0.3, 0.4) is 0 Å². The predicted molar refractivity (Wildman–Crippen MR) is 81.9 cm³/mol. The largest absolute Gasteiger partial charge is 0.481 e. The standard InChI is InChI=1S/C14H19BrN2O3/c1-8(2)11(7-13(18)19)16-14(20)17-12-6-9(3)4-5-10(12)15/h4-6,8,11H,7H2,1-3H3,(H,18,19)(H2,16,17,20). The zero-order chi connectivity index (χ0) is 15.3. The van der Waals surface area contributed by atoms with E-state index >= 15 is 0 Å². The van der Waals surface area contributed by atoms with E-state index in [1.54, 1.807) is 0 Å². The molecule has 0 saturated heterocycles. The fraction of sp³-hybridized carbons (Fsp3) is 0.429. The number of carboxylic acids is 1. The SMILES string of the molecule is Cc1ccc(Br)c(NC(=O)NC(CC(=O)O)C(C)C)c1. The van der Waals surface area contributed by atoms with Crippen molar-refractivity contribution in [1.82, 2.24) is 5.32 Å². The van der Waals surface area contributed by atoms with Gasteiger partial charge in [0.2, 0.25) is 0 Å². The fourth-order valence-electron chi connectivity index (χ4n) is 1.70. The Labute approximate surface area is 126 Å². The van der Waals surface area contributed by atoms with Crippen LogP contribution in [-0.4, -0.2) is 23.1 Å². The molecular weight excluding hydrogens is 324 g/mol. The second-order valence-electron chi connectivity index (χ2n) is 5.03. The molecule has 0 fully saturated rings. The number of carboxylic acid groups (broad SMARTS) is 1. The van der Waals surface area contributed by atoms with Crippen LogP contribution >= 0.6 is 15.9 Å². The van der Waals surface area contributed by atoms with Gasteiger partial charge in [0.05, 0.1) is 12.1 Å². The Morgan fingerprint density at radius 3 is 2.55 bits per heavy atom. The summed E-state index contributed by atoms with van der Waals surface area (Å²) in [7, 11) is 0. The minimum atomic E-state index is -0.930. The molecule has 0 aliphatic heterocycles. The van der Waals surface area contributed by atoms with Gasteiger partial charge in [0.15, 0.2) is 0 Å². The average Bonchev–Trinajstić information content (AvgIpc) is 2.32. The summed E-state index contributed by atoms with van der Waals surface area (Å²) in [6, 6.07) is 4.80. The van der Waals surface area contributed by atoms with Gasteiger partial charge in [0.1, 0.15) is 0 Å². The summed E-state index contributed by atoms with van der Waals surface area (Å²) in [5, 5.41) is 14.2. The van der Waals surface area contributed by atoms with Crippen LogP contribution in [-0.2, 0) is 4.79 Å². The molecule has 0 spiro atoms. The van der Waals surface area contributed by atoms with Gasteiger partial charge in [-0.15, -0.1) is 0 Å². The van der Waals surface area contributed by atoms with Crippen molar-refractivity contribution >= 4 is 33.6 Å². The third-order valence-electron chi connectivity index (χ3n) is 2.89. The first-order valence-corrected chi connectivity index (χ1v) is 7.14. The van der Waals surface area contributed by atoms with E-state index in [0.29, 0.717) is 5.69 Å². The molecule has 2 amide bonds. The lowest BCUT2D eigenvalue weighted by atomic mass is 10.0. The Kier molecular flexibility index (Phi) is 6.01. The third-order valence-corrected chi connectivity index (χ3v) is 3.58. The minimum Gasteiger partial charge on any atom is -0.481 e. The molecule has 1 atom stereocenters. The number of nitrogens with one attached hydrogen (secondary N) is 2. The molecule has 0 bridgehead atoms. The van der Waals surface area contributed by atoms with Crippen molar-refractivity contribution < 1.29 is 14.7 Å². The number of carbonyl (C=O) groups excluding carboxylic acids is 1. The first kappa shape index (κ1) is 16.5. The smallest absolute Gasteiger partial charge is 0.319 e. The Morgan fingerprint density at radius 2 is 2.00 bits per heavy atom. The van der Waals surface area contributed by atoms with Crippen LogP contribution in [0.4, 0.5) is 10.5 Å². The number of rotatable bonds is 5. The summed E-state index contributed by atoms with van der Waals surface area (Å²) in [5.74, 6) is -0.890. The van der Waals surface area contributed by atoms with Crippen LogP contribution in [0.1, 0.15) is 25.8 Å². The van der Waals surface area contributed by atoms with E-state index in [4.69, 9.17) is 5.11 Å². The lowest BCUT2D eigenvalue weighted by Gasteiger charge is -2.21. The molecular formula is C14H19BrN2O3. The zero-order valence-corrected chi connectivity index (χ0v) is 13.3. The number of hydrogen-bond donors (Lipinski definition) is 3. The molecule has 5 nitrogen and oxygen atoms in total. The molecule has 1 aromatic rings. The highest BCUT2D eigenvalue weighted by Crippen LogP contribution is 2.23. The van der Waals surface area contributed by atoms with Crippen molar-refractivity contribution in [1.29, 1.82) is 0 Å². The quantitative estimate of drug-likeness (QED) is 0.767. The zero-order valence-electron chi connectivity index (χ0n) is 11.7. The molecule has 0 aromatic heterocycles. The molecule has 0 saturated carbocycles. The van der Waals surface area contributed by atoms with E-state index in [9.17, 15) is 9.59 Å². The van der Waals surface area contributed by atoms with Gasteiger partial charge in [-0.2, -0.15) is 0 Å². The number of benzene rings is 1. The molecule has 1 unspecified atom stereocenters. The summed E-state index contributed by atoms with van der Waals surface area (Å²) >= 11 is 3.36. The monoisotopic (exact) mass is 342 g/mol. The molecule has 3 N–H and O–H groups in total. The van der Waals surface area contributed by atoms with Crippen LogP contribution in [0.15, 0.2) is 22.7 Å². The summed E-state index contributed by atoms with van der Waals surface area (Å²) in [6.07, 6.45) is -0.0971. The second-order valence-corrected chi connectivity index (χ2v) is 5.88. The highest BCUT2D eigenvalue weighted by Gasteiger charge is 2.19. The summed E-state index contributed by atoms with van der Waals surface area (Å²) < 4.78 is 0.776. The molecule has 0 radical (unpaired) electrons. The predicted octanol–water partition coefficient (Wildman–Crippen LogP) is 3.38. The molecule has 20 heavy (non-hydrogen) atoms. The second kappa shape index (κ2) is 7.28. The van der Waals surface area contributed by atoms with E-state index in [1.807, 2.05) is 39.0 Å². The normalized spacial score (nSPS) is 12.1. The van der Waals surface area contributed by atoms with Crippen molar-refractivity contribution in [3.05, 3.63) is 28.2 Å². The van der Waals surface area contributed by atoms with E-state index in [0.717, 1.165) is 10.0 Å². The van der Waals surface area contributed by atoms with Gasteiger partial charge in [0, 0.05) is 10.5 Å². The lowest BCUT2D eigenvalue weighted by Crippen LogP contribution is -2.42. The van der Waals surface area contributed by atoms with Gasteiger partial charge in [-0.25, -0.2) is 4.79 Å². The number of urea groups is 1. The summed E-state index contributed by atoms with van der Waals surface area (Å²) in [4.78, 5) is 22.7. The van der Waals surface area contributed by atoms with Gasteiger partial charge in [-0.3, -0.25) is 4.79 Å². The van der Waals surface area contributed by atoms with Crippen molar-refractivity contribution in [3.63, 3.8) is 0 Å². The number of hydrogen-bond acceptors (Lipinski definition) is 2. The van der Waals surface area contributed by atoms with Crippen LogP contribution < -0.4 is 10.6 Å². The third kappa shape index (κ3) is 5.21. The molecule has 1 rings (SSSR count). The first-order chi connectivity index (χ1) is 9.29. The van der Waals surface area contributed by atoms with Gasteiger partial charge < -0.3 is 15.7 Å². The van der Waals surface area contributed by atoms with E-state index in [-0.39, 0.29) is 12.3 Å². The lowest BCUT2D eigenvalue weighted by molar-refractivity contribution is -0.137. The highest BCUT2D eigenvalue weighted by molar-refractivity contribution is 9.10. The maximum absolute atomic E-state index is 11.9. The topological polar surface area (TPSA) is 78.4 Å². The molecule has 0 heterocycles. The summed E-state index contributed by atoms with van der Waals surface area (Å²) in [6.45, 7) is 5.67. The minimum absolute atomic E-state index is 0.0396. The molecule has 6 heteroatoms. The van der Waals surface area contributed by atoms with Crippen LogP contribution in [0.25, 0.3) is 0 Å². The first-order valence-electron chi connectivity index (χ1n) is 6.35. The average molecular weight is 343 g/mol. The number of amides is 2. The number of halogens is 1. The molecule has 0 aliphatic carbocycles. The van der Waals surface area contributed by atoms with E-state index in [1.165, 1.54) is 0 Å². The van der Waals surface area contributed by atoms with E-state index in [2.05, 4.69) is 26.6 Å². The van der Waals surface area contributed by atoms with Gasteiger partial charge in [-0.05, 0) is 46.5 Å². The van der Waals surface area contributed by atoms with Gasteiger partial charge >= 0.3 is 12.0 Å². The van der Waals surface area contributed by atoms with Crippen LogP contribution in [0.2, 0.25) is 0 Å². The Bertz CT molecular complexity index is 503. The van der Waals surface area contributed by atoms with Crippen molar-refractivity contribution in [2.75, 3.05) is 5.32 Å². The molecule has 0 aliphatic rings. The Balaban J connectivity index is 2.70. The molecule has 110 valence electrons. The Hall–Kier alpha value is -1.56. The fourth-order valence-corrected chi connectivity index (χ4v) is 2.05. The van der Waals surface area contributed by atoms with Crippen molar-refractivity contribution in [2.45, 2.75) is 33.2 Å². The van der Waals surface area contributed by atoms with Gasteiger partial charge in [0.25, 0.3) is 0 Å². The number of aliphatic carboxylic acids is 1. The van der Waals surface area contributed by atoms with E-state index < -0.39 is 18.0 Å². The number of anilines is 1. The summed E-state index contributed by atoms with van der Waals surface area (Å²) in [5.41, 5.74) is 1.68. The number of aryl methyl sites for hydroxylation is 1. The van der Waals surface area contributed by atoms with Crippen molar-refractivity contribution in [3.8, 4) is 0 Å². The van der Waals surface area contributed by atoms with Gasteiger partial charge in [-0.1, -0.05) is 19.9 Å². The van der Waals surface area contributed by atoms with Crippen LogP contribution in [0.5, 0.6) is 0 Å². The van der Waals surface area contributed by atoms with Crippen molar-refractivity contribution in [2.24, 2.45) is 5.92 Å².